The van der Waals surface area contributed by atoms with Gasteiger partial charge in [-0.1, -0.05) is 13.3 Å². The molecule has 9 atom stereocenters. The number of Topliss-reactive ketones (excluding diaryl/α,β-unsaturated/α-hetero) is 1. The first-order valence-corrected chi connectivity index (χ1v) is 20.7. The fourth-order valence-corrected chi connectivity index (χ4v) is 9.40. The fourth-order valence-electron chi connectivity index (χ4n) is 9.40. The molecular weight excluding hydrogens is 944 g/mol. The molecule has 70 heavy (non-hydrogen) atoms. The zero-order valence-corrected chi connectivity index (χ0v) is 35.4. The van der Waals surface area contributed by atoms with E-state index in [0.717, 1.165) is 0 Å². The van der Waals surface area contributed by atoms with Crippen LogP contribution in [0.1, 0.15) is 79.1 Å². The van der Waals surface area contributed by atoms with Gasteiger partial charge in [0.25, 0.3) is 5.79 Å². The summed E-state index contributed by atoms with van der Waals surface area (Å²) in [6.07, 6.45) is -13.5. The van der Waals surface area contributed by atoms with Crippen LogP contribution in [0, 0.1) is 5.92 Å². The van der Waals surface area contributed by atoms with Crippen molar-refractivity contribution < 1.29 is 128 Å². The molecule has 4 heterocycles. The Bertz CT molecular complexity index is 2990. The number of phenols is 11. The average Bonchev–Trinajstić information content (AvgIpc) is 3.63. The predicted molar refractivity (Wildman–Crippen MR) is 217 cm³/mol. The molecule has 5 aliphatic rings. The molecule has 4 aromatic rings. The number of phenolic OH excluding ortho intramolecular Hbond substituents is 11. The van der Waals surface area contributed by atoms with Crippen LogP contribution in [-0.2, 0) is 38.0 Å². The van der Waals surface area contributed by atoms with Gasteiger partial charge in [-0.3, -0.25) is 9.59 Å². The van der Waals surface area contributed by atoms with Crippen molar-refractivity contribution in [2.75, 3.05) is 6.61 Å². The van der Waals surface area contributed by atoms with Gasteiger partial charge in [0.05, 0.1) is 34.1 Å². The lowest BCUT2D eigenvalue weighted by Gasteiger charge is -2.48. The monoisotopic (exact) mass is 980 g/mol. The molecule has 2 fully saturated rings. The molecule has 4 bridgehead atoms. The Hall–Kier alpha value is -8.62. The van der Waals surface area contributed by atoms with Gasteiger partial charge in [0.2, 0.25) is 29.6 Å². The lowest BCUT2D eigenvalue weighted by molar-refractivity contribution is -0.290. The van der Waals surface area contributed by atoms with E-state index < -0.39 is 217 Å². The number of carbonyl (C=O) groups is 6. The molecule has 9 rings (SSSR count). The minimum Gasteiger partial charge on any atom is -0.504 e. The first-order valence-electron chi connectivity index (χ1n) is 20.7. The van der Waals surface area contributed by atoms with E-state index in [1.165, 1.54) is 6.92 Å². The highest BCUT2D eigenvalue weighted by Crippen LogP contribution is 2.62. The molecule has 4 aliphatic heterocycles. The van der Waals surface area contributed by atoms with Crippen LogP contribution in [-0.4, -0.2) is 151 Å². The molecule has 0 amide bonds. The Morgan fingerprint density at radius 3 is 1.77 bits per heavy atom. The highest BCUT2D eigenvalue weighted by molar-refractivity contribution is 6.08. The summed E-state index contributed by atoms with van der Waals surface area (Å²) in [5.41, 5.74) is -9.43. The van der Waals surface area contributed by atoms with Crippen LogP contribution in [0.25, 0.3) is 11.1 Å². The number of hydrogen-bond donors (Lipinski definition) is 13. The van der Waals surface area contributed by atoms with Crippen LogP contribution in [0.3, 0.4) is 0 Å². The van der Waals surface area contributed by atoms with Crippen molar-refractivity contribution in [1.29, 1.82) is 0 Å². The first kappa shape index (κ1) is 46.5. The molecule has 0 spiro atoms. The van der Waals surface area contributed by atoms with Crippen molar-refractivity contribution in [2.24, 2.45) is 5.92 Å². The minimum absolute atomic E-state index is 0.0145. The molecule has 368 valence electrons. The second-order valence-corrected chi connectivity index (χ2v) is 16.7. The Kier molecular flexibility index (Phi) is 10.6. The average molecular weight is 981 g/mol. The summed E-state index contributed by atoms with van der Waals surface area (Å²) < 4.78 is 40.2. The summed E-state index contributed by atoms with van der Waals surface area (Å²) in [5.74, 6) is -31.4. The Labute approximate surface area is 388 Å². The molecular formula is C44H36O26. The summed E-state index contributed by atoms with van der Waals surface area (Å²) in [4.78, 5) is 86.2. The zero-order chi connectivity index (χ0) is 50.8. The maximum absolute atomic E-state index is 14.8. The first-order chi connectivity index (χ1) is 32.9. The standard InChI is InChI=1S/C44H36O26/c1-2-3-43(62)22(50)9-15-26-25-14(8-20(49)30(54)34(25)70-44(26,43)63)40(60)68-36-35-33(66-41(15)61)21(65-42(36)69-37(57)11-4-16(45)27(51)17(46)5-11)10-64-38(58)12-6-18(47)28(52)31(55)23(12)24-13(39(59)67-35)7-19(48)29(53)32(24)56/h4-8,15,21,26,33,35-36,42,45-49,51-56,62-63H,2-3,9-10H2,1H3/t15?,21-,26?,33-,35+,36-,42+,43?,44?/m1/s1. The van der Waals surface area contributed by atoms with Gasteiger partial charge in [-0.05, 0) is 36.8 Å². The third-order valence-corrected chi connectivity index (χ3v) is 12.7. The lowest BCUT2D eigenvalue weighted by atomic mass is 9.63. The van der Waals surface area contributed by atoms with Crippen molar-refractivity contribution in [3.05, 3.63) is 58.1 Å². The molecule has 0 radical (unpaired) electrons. The van der Waals surface area contributed by atoms with E-state index in [-0.39, 0.29) is 6.42 Å². The number of ether oxygens (including phenoxy) is 7. The van der Waals surface area contributed by atoms with E-state index in [0.29, 0.717) is 30.3 Å². The molecule has 1 aliphatic carbocycles. The Balaban J connectivity index is 1.28. The Morgan fingerprint density at radius 2 is 1.17 bits per heavy atom. The van der Waals surface area contributed by atoms with Gasteiger partial charge in [-0.25, -0.2) is 19.2 Å². The summed E-state index contributed by atoms with van der Waals surface area (Å²) in [5, 5.41) is 141. The predicted octanol–water partition coefficient (Wildman–Crippen LogP) is 0.829. The summed E-state index contributed by atoms with van der Waals surface area (Å²) in [6.45, 7) is 0.257. The summed E-state index contributed by atoms with van der Waals surface area (Å²) in [6, 6.07) is 2.62. The maximum Gasteiger partial charge on any atom is 0.340 e. The van der Waals surface area contributed by atoms with Gasteiger partial charge >= 0.3 is 29.8 Å². The molecule has 4 unspecified atom stereocenters. The van der Waals surface area contributed by atoms with Crippen LogP contribution in [0.5, 0.6) is 69.0 Å². The molecule has 13 N–H and O–H groups in total. The maximum atomic E-state index is 14.8. The largest absolute Gasteiger partial charge is 0.504 e. The van der Waals surface area contributed by atoms with Crippen molar-refractivity contribution in [2.45, 2.75) is 74.2 Å². The second-order valence-electron chi connectivity index (χ2n) is 16.7. The number of carbonyl (C=O) groups excluding carboxylic acids is 6. The SMILES string of the molecule is CCCC1(O)C(=O)CC2C(=O)O[C@H]3[C@@H]4OC(=O)c5cc(O)c(O)c(O)c5-c5c(cc(O)c(O)c5O)C(=O)OC[C@H]3O[C@@H](OC(=O)c3cc(O)c(O)c(O)c3)[C@@H]4OC(=O)c3cc(O)c(O)c4c3C2C1(O)O4. The number of aliphatic hydroxyl groups is 2. The Morgan fingerprint density at radius 1 is 0.643 bits per heavy atom. The lowest BCUT2D eigenvalue weighted by Crippen LogP contribution is -2.69. The van der Waals surface area contributed by atoms with Crippen LogP contribution in [0.15, 0.2) is 30.3 Å². The number of rotatable bonds is 4. The minimum atomic E-state index is -3.24. The highest BCUT2D eigenvalue weighted by Gasteiger charge is 2.72. The summed E-state index contributed by atoms with van der Waals surface area (Å²) >= 11 is 0. The molecule has 26 nitrogen and oxygen atoms in total. The third-order valence-electron chi connectivity index (χ3n) is 12.7. The van der Waals surface area contributed by atoms with Crippen LogP contribution in [0.4, 0.5) is 0 Å². The van der Waals surface area contributed by atoms with E-state index >= 15 is 0 Å². The van der Waals surface area contributed by atoms with E-state index in [1.807, 2.05) is 0 Å². The van der Waals surface area contributed by atoms with Crippen LogP contribution >= 0.6 is 0 Å². The highest BCUT2D eigenvalue weighted by atomic mass is 16.7. The van der Waals surface area contributed by atoms with Crippen molar-refractivity contribution >= 4 is 35.6 Å². The van der Waals surface area contributed by atoms with Crippen molar-refractivity contribution in [1.82, 2.24) is 0 Å². The van der Waals surface area contributed by atoms with Crippen molar-refractivity contribution in [3.8, 4) is 80.1 Å². The second kappa shape index (κ2) is 16.0. The fraction of sp³-hybridized carbons (Fsp3) is 0.318. The number of cyclic esters (lactones) is 1. The number of benzene rings is 4. The number of esters is 5. The van der Waals surface area contributed by atoms with E-state index in [9.17, 15) is 95.2 Å². The zero-order valence-electron chi connectivity index (χ0n) is 35.4. The smallest absolute Gasteiger partial charge is 0.340 e. The van der Waals surface area contributed by atoms with Crippen molar-refractivity contribution in [3.63, 3.8) is 0 Å². The summed E-state index contributed by atoms with van der Waals surface area (Å²) in [7, 11) is 0. The van der Waals surface area contributed by atoms with Gasteiger partial charge in [-0.15, -0.1) is 0 Å². The van der Waals surface area contributed by atoms with Gasteiger partial charge < -0.3 is 99.5 Å². The van der Waals surface area contributed by atoms with E-state index in [2.05, 4.69) is 0 Å². The number of hydrogen-bond acceptors (Lipinski definition) is 26. The number of aromatic hydroxyl groups is 11. The molecule has 4 aromatic carbocycles. The molecule has 0 aromatic heterocycles. The van der Waals surface area contributed by atoms with E-state index in [4.69, 9.17) is 33.2 Å². The topological polar surface area (TPSA) is 430 Å². The molecule has 26 heteroatoms. The quantitative estimate of drug-likeness (QED) is 0.0765. The molecule has 1 saturated heterocycles. The molecule has 1 saturated carbocycles. The van der Waals surface area contributed by atoms with Gasteiger partial charge in [0.1, 0.15) is 12.7 Å². The van der Waals surface area contributed by atoms with Gasteiger partial charge in [0.15, 0.2) is 75.3 Å². The third kappa shape index (κ3) is 6.66. The van der Waals surface area contributed by atoms with E-state index in [1.54, 1.807) is 0 Å². The normalized spacial score (nSPS) is 27.8. The number of fused-ring (bicyclic) bond motifs is 3. The van der Waals surface area contributed by atoms with Gasteiger partial charge in [-0.2, -0.15) is 0 Å². The van der Waals surface area contributed by atoms with Crippen LogP contribution in [0.2, 0.25) is 0 Å². The van der Waals surface area contributed by atoms with Gasteiger partial charge in [0, 0.05) is 23.1 Å². The van der Waals surface area contributed by atoms with Crippen LogP contribution < -0.4 is 4.74 Å². The number of ketones is 1.